The van der Waals surface area contributed by atoms with Crippen molar-refractivity contribution in [2.75, 3.05) is 6.61 Å². The first-order chi connectivity index (χ1) is 5.41. The predicted molar refractivity (Wildman–Crippen MR) is 46.3 cm³/mol. The first-order valence-electron chi connectivity index (χ1n) is 4.49. The largest absolute Gasteiger partial charge is 0.252 e. The minimum Gasteiger partial charge on any atom is -0.252 e. The summed E-state index contributed by atoms with van der Waals surface area (Å²) in [6, 6.07) is 0. The van der Waals surface area contributed by atoms with Gasteiger partial charge in [-0.15, -0.1) is 0 Å². The van der Waals surface area contributed by atoms with Crippen molar-refractivity contribution < 1.29 is 10.1 Å². The van der Waals surface area contributed by atoms with Crippen LogP contribution in [0.2, 0.25) is 0 Å². The highest BCUT2D eigenvalue weighted by Crippen LogP contribution is 2.05. The molecule has 0 aliphatic carbocycles. The number of hydrogen-bond acceptors (Lipinski definition) is 2. The van der Waals surface area contributed by atoms with Gasteiger partial charge in [-0.25, -0.2) is 4.89 Å². The van der Waals surface area contributed by atoms with E-state index in [0.717, 1.165) is 12.8 Å². The van der Waals surface area contributed by atoms with Gasteiger partial charge < -0.3 is 0 Å². The van der Waals surface area contributed by atoms with Crippen molar-refractivity contribution in [2.45, 2.75) is 45.4 Å². The molecule has 0 aromatic heterocycles. The third-order valence-corrected chi connectivity index (χ3v) is 1.68. The van der Waals surface area contributed by atoms with Gasteiger partial charge in [0.05, 0.1) is 6.61 Å². The number of rotatable bonds is 8. The zero-order chi connectivity index (χ0) is 8.36. The lowest BCUT2D eigenvalue weighted by Gasteiger charge is -1.98. The van der Waals surface area contributed by atoms with Gasteiger partial charge in [-0.1, -0.05) is 39.0 Å². The molecule has 0 fully saturated rings. The van der Waals surface area contributed by atoms with Crippen LogP contribution in [0, 0.1) is 6.42 Å². The highest BCUT2D eigenvalue weighted by Gasteiger charge is 1.89. The maximum atomic E-state index is 8.00. The molecule has 67 valence electrons. The van der Waals surface area contributed by atoms with Crippen LogP contribution in [-0.4, -0.2) is 11.9 Å². The minimum absolute atomic E-state index is 0.484. The Morgan fingerprint density at radius 2 is 1.91 bits per heavy atom. The molecule has 0 atom stereocenters. The highest BCUT2D eigenvalue weighted by molar-refractivity contribution is 4.60. The topological polar surface area (TPSA) is 29.5 Å². The molecule has 0 heterocycles. The third-order valence-electron chi connectivity index (χ3n) is 1.68. The van der Waals surface area contributed by atoms with Crippen molar-refractivity contribution in [3.63, 3.8) is 0 Å². The normalized spacial score (nSPS) is 10.4. The van der Waals surface area contributed by atoms with Crippen LogP contribution in [0.4, 0.5) is 0 Å². The summed E-state index contributed by atoms with van der Waals surface area (Å²) in [7, 11) is 0. The van der Waals surface area contributed by atoms with Gasteiger partial charge in [-0.3, -0.25) is 5.26 Å². The maximum absolute atomic E-state index is 8.00. The molecule has 0 aromatic carbocycles. The zero-order valence-corrected chi connectivity index (χ0v) is 7.38. The molecule has 0 bridgehead atoms. The van der Waals surface area contributed by atoms with Crippen molar-refractivity contribution in [3.8, 4) is 0 Å². The summed E-state index contributed by atoms with van der Waals surface area (Å²) in [6.45, 7) is 2.65. The Bertz CT molecular complexity index is 56.6. The van der Waals surface area contributed by atoms with Crippen molar-refractivity contribution in [1.29, 1.82) is 0 Å². The minimum atomic E-state index is 0.484. The van der Waals surface area contributed by atoms with Gasteiger partial charge in [-0.05, 0) is 12.8 Å². The lowest BCUT2D eigenvalue weighted by atomic mass is 10.1. The first-order valence-corrected chi connectivity index (χ1v) is 4.49. The van der Waals surface area contributed by atoms with Gasteiger partial charge in [0, 0.05) is 0 Å². The van der Waals surface area contributed by atoms with Crippen LogP contribution in [0.1, 0.15) is 45.4 Å². The van der Waals surface area contributed by atoms with E-state index in [0.29, 0.717) is 6.61 Å². The second-order valence-corrected chi connectivity index (χ2v) is 2.73. The van der Waals surface area contributed by atoms with Crippen molar-refractivity contribution in [1.82, 2.24) is 0 Å². The van der Waals surface area contributed by atoms with E-state index >= 15 is 0 Å². The maximum Gasteiger partial charge on any atom is 0.0819 e. The molecule has 0 saturated heterocycles. The first kappa shape index (κ1) is 10.9. The smallest absolute Gasteiger partial charge is 0.0819 e. The van der Waals surface area contributed by atoms with E-state index in [2.05, 4.69) is 18.2 Å². The van der Waals surface area contributed by atoms with Gasteiger partial charge in [0.25, 0.3) is 0 Å². The van der Waals surface area contributed by atoms with E-state index in [1.54, 1.807) is 0 Å². The van der Waals surface area contributed by atoms with E-state index in [4.69, 9.17) is 5.26 Å². The molecule has 2 heteroatoms. The van der Waals surface area contributed by atoms with Crippen LogP contribution < -0.4 is 0 Å². The summed E-state index contributed by atoms with van der Waals surface area (Å²) in [6.07, 6.45) is 9.39. The van der Waals surface area contributed by atoms with Gasteiger partial charge in [0.15, 0.2) is 0 Å². The average Bonchev–Trinajstić information content (AvgIpc) is 2.03. The molecule has 2 nitrogen and oxygen atoms in total. The summed E-state index contributed by atoms with van der Waals surface area (Å²) in [5, 5.41) is 8.00. The molecule has 0 aromatic rings. The summed E-state index contributed by atoms with van der Waals surface area (Å²) >= 11 is 0. The summed E-state index contributed by atoms with van der Waals surface area (Å²) in [4.78, 5) is 3.96. The molecule has 0 saturated carbocycles. The molecule has 0 spiro atoms. The lowest BCUT2D eigenvalue weighted by molar-refractivity contribution is -0.242. The molecule has 0 amide bonds. The second kappa shape index (κ2) is 9.92. The Morgan fingerprint density at radius 1 is 1.18 bits per heavy atom. The quantitative estimate of drug-likeness (QED) is 0.335. The van der Waals surface area contributed by atoms with Crippen LogP contribution in [0.5, 0.6) is 0 Å². The summed E-state index contributed by atoms with van der Waals surface area (Å²) in [5.41, 5.74) is 0. The van der Waals surface area contributed by atoms with E-state index < -0.39 is 0 Å². The molecular weight excluding hydrogens is 140 g/mol. The standard InChI is InChI=1S/C9H19O2/c1-2-3-4-5-6-7-8-9-11-10/h3,10H,2,4-9H2,1H3. The summed E-state index contributed by atoms with van der Waals surface area (Å²) in [5.74, 6) is 0. The highest BCUT2D eigenvalue weighted by atomic mass is 17.1. The van der Waals surface area contributed by atoms with E-state index in [-0.39, 0.29) is 0 Å². The monoisotopic (exact) mass is 159 g/mol. The van der Waals surface area contributed by atoms with Crippen LogP contribution in [-0.2, 0) is 4.89 Å². The third kappa shape index (κ3) is 9.92. The van der Waals surface area contributed by atoms with Crippen molar-refractivity contribution >= 4 is 0 Å². The predicted octanol–water partition coefficient (Wildman–Crippen LogP) is 3.04. The Hall–Kier alpha value is -0.0800. The zero-order valence-electron chi connectivity index (χ0n) is 7.38. The van der Waals surface area contributed by atoms with E-state index in [9.17, 15) is 0 Å². The molecule has 0 aliphatic rings. The van der Waals surface area contributed by atoms with Crippen LogP contribution in [0.25, 0.3) is 0 Å². The fraction of sp³-hybridized carbons (Fsp3) is 0.889. The van der Waals surface area contributed by atoms with Gasteiger partial charge >= 0.3 is 0 Å². The molecule has 1 radical (unpaired) electrons. The Labute approximate surface area is 69.5 Å². The fourth-order valence-electron chi connectivity index (χ4n) is 1.01. The van der Waals surface area contributed by atoms with E-state index in [1.165, 1.54) is 25.7 Å². The van der Waals surface area contributed by atoms with Gasteiger partial charge in [0.1, 0.15) is 0 Å². The van der Waals surface area contributed by atoms with Crippen LogP contribution >= 0.6 is 0 Å². The van der Waals surface area contributed by atoms with Gasteiger partial charge in [-0.2, -0.15) is 0 Å². The summed E-state index contributed by atoms with van der Waals surface area (Å²) < 4.78 is 0. The Kier molecular flexibility index (Phi) is 9.85. The van der Waals surface area contributed by atoms with Gasteiger partial charge in [0.2, 0.25) is 0 Å². The SMILES string of the molecule is CC[CH]CCCCCCOO. The molecule has 11 heavy (non-hydrogen) atoms. The average molecular weight is 159 g/mol. The van der Waals surface area contributed by atoms with Crippen molar-refractivity contribution in [2.24, 2.45) is 0 Å². The number of hydrogen-bond donors (Lipinski definition) is 1. The Morgan fingerprint density at radius 3 is 2.55 bits per heavy atom. The van der Waals surface area contributed by atoms with Crippen LogP contribution in [0.3, 0.4) is 0 Å². The van der Waals surface area contributed by atoms with E-state index in [1.807, 2.05) is 0 Å². The Balaban J connectivity index is 2.69. The number of unbranched alkanes of at least 4 members (excludes halogenated alkanes) is 6. The molecule has 1 N–H and O–H groups in total. The lowest BCUT2D eigenvalue weighted by Crippen LogP contribution is -1.88. The molecule has 0 rings (SSSR count). The van der Waals surface area contributed by atoms with Crippen LogP contribution in [0.15, 0.2) is 0 Å². The fourth-order valence-corrected chi connectivity index (χ4v) is 1.01. The molecular formula is C9H19O2. The molecule has 0 aliphatic heterocycles. The second-order valence-electron chi connectivity index (χ2n) is 2.73. The molecule has 0 unspecified atom stereocenters. The van der Waals surface area contributed by atoms with Crippen molar-refractivity contribution in [3.05, 3.63) is 6.42 Å².